The van der Waals surface area contributed by atoms with Gasteiger partial charge in [0.25, 0.3) is 11.8 Å². The quantitative estimate of drug-likeness (QED) is 0.492. The van der Waals surface area contributed by atoms with E-state index in [0.29, 0.717) is 12.8 Å². The van der Waals surface area contributed by atoms with Crippen molar-refractivity contribution in [1.29, 1.82) is 0 Å². The third-order valence-corrected chi connectivity index (χ3v) is 4.55. The fraction of sp³-hybridized carbons (Fsp3) is 0.789. The standard InChI is InChI=1S/C19H33N3O5/c1-8-19(9-2)15(25)22(16(26)21-19)10-14(24)27-11-13(23)20-18(6,7)12-17(3,4)5/h8-12H2,1-7H3,(H,20,23)(H,21,26). The molecule has 0 radical (unpaired) electrons. The van der Waals surface area contributed by atoms with E-state index in [0.717, 1.165) is 11.3 Å². The Kier molecular flexibility index (Phi) is 7.02. The summed E-state index contributed by atoms with van der Waals surface area (Å²) in [5, 5.41) is 5.47. The molecule has 0 unspecified atom stereocenters. The van der Waals surface area contributed by atoms with Gasteiger partial charge in [-0.05, 0) is 38.5 Å². The molecule has 0 atom stereocenters. The number of hydrogen-bond donors (Lipinski definition) is 2. The van der Waals surface area contributed by atoms with Gasteiger partial charge in [-0.2, -0.15) is 0 Å². The first kappa shape index (κ1) is 22.9. The Bertz CT molecular complexity index is 603. The average Bonchev–Trinajstić information content (AvgIpc) is 2.74. The summed E-state index contributed by atoms with van der Waals surface area (Å²) in [4.78, 5) is 49.4. The Hall–Kier alpha value is -2.12. The van der Waals surface area contributed by atoms with E-state index in [1.165, 1.54) is 0 Å². The fourth-order valence-corrected chi connectivity index (χ4v) is 3.65. The summed E-state index contributed by atoms with van der Waals surface area (Å²) in [6.45, 7) is 12.7. The summed E-state index contributed by atoms with van der Waals surface area (Å²) in [6.07, 6.45) is 1.62. The number of rotatable bonds is 8. The number of carbonyl (C=O) groups is 4. The van der Waals surface area contributed by atoms with Crippen LogP contribution in [0.3, 0.4) is 0 Å². The van der Waals surface area contributed by atoms with Gasteiger partial charge in [-0.1, -0.05) is 34.6 Å². The number of nitrogens with zero attached hydrogens (tertiary/aromatic N) is 1. The van der Waals surface area contributed by atoms with E-state index in [4.69, 9.17) is 4.74 Å². The molecule has 0 saturated carbocycles. The van der Waals surface area contributed by atoms with E-state index in [1.54, 1.807) is 13.8 Å². The van der Waals surface area contributed by atoms with Crippen molar-refractivity contribution in [3.63, 3.8) is 0 Å². The molecular weight excluding hydrogens is 350 g/mol. The number of amides is 4. The smallest absolute Gasteiger partial charge is 0.326 e. The number of hydrogen-bond acceptors (Lipinski definition) is 5. The third kappa shape index (κ3) is 6.22. The molecule has 1 aliphatic heterocycles. The molecule has 1 fully saturated rings. The Morgan fingerprint density at radius 1 is 1.11 bits per heavy atom. The summed E-state index contributed by atoms with van der Waals surface area (Å²) in [7, 11) is 0. The fourth-order valence-electron chi connectivity index (χ4n) is 3.65. The number of ether oxygens (including phenoxy) is 1. The van der Waals surface area contributed by atoms with Crippen LogP contribution in [0.15, 0.2) is 0 Å². The van der Waals surface area contributed by atoms with Gasteiger partial charge < -0.3 is 15.4 Å². The van der Waals surface area contributed by atoms with Crippen LogP contribution in [0.2, 0.25) is 0 Å². The van der Waals surface area contributed by atoms with Crippen LogP contribution in [0, 0.1) is 5.41 Å². The van der Waals surface area contributed by atoms with Gasteiger partial charge in [-0.3, -0.25) is 19.3 Å². The molecule has 1 rings (SSSR count). The maximum Gasteiger partial charge on any atom is 0.326 e. The second kappa shape index (κ2) is 8.27. The van der Waals surface area contributed by atoms with Crippen molar-refractivity contribution in [3.05, 3.63) is 0 Å². The van der Waals surface area contributed by atoms with E-state index in [9.17, 15) is 19.2 Å². The largest absolute Gasteiger partial charge is 0.454 e. The summed E-state index contributed by atoms with van der Waals surface area (Å²) in [5.41, 5.74) is -1.39. The van der Waals surface area contributed by atoms with Crippen LogP contribution in [0.25, 0.3) is 0 Å². The first-order valence-corrected chi connectivity index (χ1v) is 9.36. The van der Waals surface area contributed by atoms with Gasteiger partial charge in [0.2, 0.25) is 0 Å². The van der Waals surface area contributed by atoms with Crippen LogP contribution in [-0.2, 0) is 19.1 Å². The predicted octanol–water partition coefficient (Wildman–Crippen LogP) is 1.97. The normalized spacial score (nSPS) is 16.9. The zero-order chi connectivity index (χ0) is 21.0. The molecule has 1 saturated heterocycles. The first-order chi connectivity index (χ1) is 12.2. The minimum Gasteiger partial charge on any atom is -0.454 e. The van der Waals surface area contributed by atoms with Gasteiger partial charge in [0.05, 0.1) is 0 Å². The molecule has 0 aromatic heterocycles. The molecular formula is C19H33N3O5. The van der Waals surface area contributed by atoms with Crippen molar-refractivity contribution in [2.45, 2.75) is 78.8 Å². The number of nitrogens with one attached hydrogen (secondary N) is 2. The van der Waals surface area contributed by atoms with Crippen molar-refractivity contribution in [2.75, 3.05) is 13.2 Å². The van der Waals surface area contributed by atoms with Crippen molar-refractivity contribution in [1.82, 2.24) is 15.5 Å². The lowest BCUT2D eigenvalue weighted by Crippen LogP contribution is -2.48. The minimum atomic E-state index is -0.967. The summed E-state index contributed by atoms with van der Waals surface area (Å²) < 4.78 is 4.95. The molecule has 27 heavy (non-hydrogen) atoms. The molecule has 4 amide bonds. The highest BCUT2D eigenvalue weighted by molar-refractivity contribution is 6.08. The van der Waals surface area contributed by atoms with Crippen molar-refractivity contribution < 1.29 is 23.9 Å². The Labute approximate surface area is 161 Å². The van der Waals surface area contributed by atoms with Crippen LogP contribution >= 0.6 is 0 Å². The molecule has 0 aromatic rings. The van der Waals surface area contributed by atoms with Gasteiger partial charge in [0.15, 0.2) is 6.61 Å². The highest BCUT2D eigenvalue weighted by Crippen LogP contribution is 2.27. The monoisotopic (exact) mass is 383 g/mol. The lowest BCUT2D eigenvalue weighted by atomic mass is 9.82. The Morgan fingerprint density at radius 3 is 2.11 bits per heavy atom. The van der Waals surface area contributed by atoms with Crippen LogP contribution in [0.1, 0.15) is 67.7 Å². The lowest BCUT2D eigenvalue weighted by Gasteiger charge is -2.33. The Morgan fingerprint density at radius 2 is 1.67 bits per heavy atom. The van der Waals surface area contributed by atoms with Gasteiger partial charge in [0, 0.05) is 5.54 Å². The maximum absolute atomic E-state index is 12.4. The molecule has 0 spiro atoms. The SMILES string of the molecule is CCC1(CC)NC(=O)N(CC(=O)OCC(=O)NC(C)(C)CC(C)(C)C)C1=O. The molecule has 8 nitrogen and oxygen atoms in total. The van der Waals surface area contributed by atoms with Crippen LogP contribution < -0.4 is 10.6 Å². The zero-order valence-electron chi connectivity index (χ0n) is 17.5. The Balaban J connectivity index is 2.55. The van der Waals surface area contributed by atoms with E-state index < -0.39 is 48.0 Å². The molecule has 0 aliphatic carbocycles. The second-order valence-electron chi connectivity index (χ2n) is 8.94. The molecule has 1 aliphatic rings. The van der Waals surface area contributed by atoms with Gasteiger partial charge in [-0.25, -0.2) is 4.79 Å². The third-order valence-electron chi connectivity index (χ3n) is 4.55. The highest BCUT2D eigenvalue weighted by atomic mass is 16.5. The van der Waals surface area contributed by atoms with Crippen molar-refractivity contribution in [2.24, 2.45) is 5.41 Å². The summed E-state index contributed by atoms with van der Waals surface area (Å²) in [6, 6.07) is -0.614. The van der Waals surface area contributed by atoms with Crippen molar-refractivity contribution in [3.8, 4) is 0 Å². The van der Waals surface area contributed by atoms with E-state index in [2.05, 4.69) is 31.4 Å². The second-order valence-corrected chi connectivity index (χ2v) is 8.94. The van der Waals surface area contributed by atoms with E-state index >= 15 is 0 Å². The predicted molar refractivity (Wildman–Crippen MR) is 101 cm³/mol. The molecule has 0 aromatic carbocycles. The van der Waals surface area contributed by atoms with E-state index in [1.807, 2.05) is 13.8 Å². The molecule has 2 N–H and O–H groups in total. The van der Waals surface area contributed by atoms with Gasteiger partial charge >= 0.3 is 12.0 Å². The van der Waals surface area contributed by atoms with Crippen molar-refractivity contribution >= 4 is 23.8 Å². The van der Waals surface area contributed by atoms with Gasteiger partial charge in [0.1, 0.15) is 12.1 Å². The lowest BCUT2D eigenvalue weighted by molar-refractivity contribution is -0.151. The summed E-state index contributed by atoms with van der Waals surface area (Å²) >= 11 is 0. The molecule has 8 heteroatoms. The van der Waals surface area contributed by atoms with Crippen LogP contribution in [0.4, 0.5) is 4.79 Å². The topological polar surface area (TPSA) is 105 Å². The average molecular weight is 383 g/mol. The van der Waals surface area contributed by atoms with Crippen LogP contribution in [-0.4, -0.2) is 52.9 Å². The highest BCUT2D eigenvalue weighted by Gasteiger charge is 2.49. The minimum absolute atomic E-state index is 0.0297. The maximum atomic E-state index is 12.4. The molecule has 0 bridgehead atoms. The number of imide groups is 1. The zero-order valence-corrected chi connectivity index (χ0v) is 17.5. The van der Waals surface area contributed by atoms with Gasteiger partial charge in [-0.15, -0.1) is 0 Å². The van der Waals surface area contributed by atoms with Crippen LogP contribution in [0.5, 0.6) is 0 Å². The summed E-state index contributed by atoms with van der Waals surface area (Å²) in [5.74, 6) is -1.67. The molecule has 1 heterocycles. The first-order valence-electron chi connectivity index (χ1n) is 9.36. The van der Waals surface area contributed by atoms with E-state index in [-0.39, 0.29) is 5.41 Å². The number of carbonyl (C=O) groups excluding carboxylic acids is 4. The molecule has 154 valence electrons. The number of urea groups is 1. The number of esters is 1.